The van der Waals surface area contributed by atoms with Gasteiger partial charge >= 0.3 is 0 Å². The van der Waals surface area contributed by atoms with Crippen molar-refractivity contribution in [1.82, 2.24) is 24.6 Å². The highest BCUT2D eigenvalue weighted by Crippen LogP contribution is 2.26. The van der Waals surface area contributed by atoms with E-state index in [1.54, 1.807) is 11.8 Å². The van der Waals surface area contributed by atoms with Crippen LogP contribution in [0.5, 0.6) is 0 Å². The molecule has 1 aromatic heterocycles. The van der Waals surface area contributed by atoms with E-state index in [1.165, 1.54) is 11.1 Å². The van der Waals surface area contributed by atoms with Crippen molar-refractivity contribution < 1.29 is 4.79 Å². The highest BCUT2D eigenvalue weighted by atomic mass is 35.5. The van der Waals surface area contributed by atoms with Crippen LogP contribution in [0.4, 0.5) is 0 Å². The predicted octanol–water partition coefficient (Wildman–Crippen LogP) is 5.73. The topological polar surface area (TPSA) is 54.3 Å². The van der Waals surface area contributed by atoms with Gasteiger partial charge in [-0.1, -0.05) is 90.1 Å². The van der Waals surface area contributed by atoms with E-state index in [2.05, 4.69) is 56.1 Å². The molecule has 0 unspecified atom stereocenters. The molecule has 8 heteroatoms. The second kappa shape index (κ2) is 13.1. The third kappa shape index (κ3) is 7.04. The Hall–Kier alpha value is -3.13. The highest BCUT2D eigenvalue weighted by molar-refractivity contribution is 7.99. The standard InChI is InChI=1S/C30H32ClN5OS/c31-26-13-7-14-27(22-26)36-28(21-24-9-3-1-4-10-24)32-33-30(36)38-20-8-15-29(37)35-18-16-34(17-19-35)23-25-11-5-2-6-12-25/h1-7,9-14,22H,8,15-21,23H2. The maximum absolute atomic E-state index is 12.9. The second-order valence-corrected chi connectivity index (χ2v) is 11.0. The Morgan fingerprint density at radius 3 is 2.26 bits per heavy atom. The van der Waals surface area contributed by atoms with E-state index >= 15 is 0 Å². The Bertz CT molecular complexity index is 1320. The average Bonchev–Trinajstić information content (AvgIpc) is 3.34. The van der Waals surface area contributed by atoms with Crippen molar-refractivity contribution in [3.63, 3.8) is 0 Å². The molecule has 0 radical (unpaired) electrons. The molecule has 6 nitrogen and oxygen atoms in total. The van der Waals surface area contributed by atoms with Crippen molar-refractivity contribution in [3.05, 3.63) is 107 Å². The lowest BCUT2D eigenvalue weighted by Gasteiger charge is -2.34. The van der Waals surface area contributed by atoms with Gasteiger partial charge in [0.2, 0.25) is 5.91 Å². The number of benzene rings is 3. The van der Waals surface area contributed by atoms with Crippen LogP contribution in [0.1, 0.15) is 29.8 Å². The van der Waals surface area contributed by atoms with Crippen LogP contribution in [0, 0.1) is 0 Å². The van der Waals surface area contributed by atoms with Crippen LogP contribution in [0.3, 0.4) is 0 Å². The summed E-state index contributed by atoms with van der Waals surface area (Å²) >= 11 is 7.94. The Balaban J connectivity index is 1.14. The molecule has 0 N–H and O–H groups in total. The van der Waals surface area contributed by atoms with Crippen molar-refractivity contribution in [1.29, 1.82) is 0 Å². The van der Waals surface area contributed by atoms with Gasteiger partial charge in [0.05, 0.1) is 5.69 Å². The molecule has 1 amide bonds. The Morgan fingerprint density at radius 2 is 1.55 bits per heavy atom. The lowest BCUT2D eigenvalue weighted by molar-refractivity contribution is -0.133. The highest BCUT2D eigenvalue weighted by Gasteiger charge is 2.21. The summed E-state index contributed by atoms with van der Waals surface area (Å²) in [5.41, 5.74) is 3.44. The molecule has 0 spiro atoms. The number of aromatic nitrogens is 3. The maximum atomic E-state index is 12.9. The van der Waals surface area contributed by atoms with Gasteiger partial charge in [0.15, 0.2) is 5.16 Å². The normalized spacial score (nSPS) is 14.1. The number of carbonyl (C=O) groups excluding carboxylic acids is 1. The second-order valence-electron chi connectivity index (χ2n) is 9.47. The lowest BCUT2D eigenvalue weighted by atomic mass is 10.1. The van der Waals surface area contributed by atoms with E-state index in [9.17, 15) is 4.79 Å². The van der Waals surface area contributed by atoms with E-state index in [-0.39, 0.29) is 5.91 Å². The first-order valence-corrected chi connectivity index (χ1v) is 14.4. The SMILES string of the molecule is O=C(CCCSc1nnc(Cc2ccccc2)n1-c1cccc(Cl)c1)N1CCN(Cc2ccccc2)CC1. The molecular weight excluding hydrogens is 514 g/mol. The van der Waals surface area contributed by atoms with Gasteiger partial charge in [-0.05, 0) is 35.7 Å². The number of amides is 1. The van der Waals surface area contributed by atoms with Crippen molar-refractivity contribution in [3.8, 4) is 5.69 Å². The molecule has 38 heavy (non-hydrogen) atoms. The summed E-state index contributed by atoms with van der Waals surface area (Å²) in [5, 5.41) is 10.5. The molecule has 0 aliphatic carbocycles. The number of carbonyl (C=O) groups is 1. The van der Waals surface area contributed by atoms with Gasteiger partial charge in [-0.3, -0.25) is 14.3 Å². The first-order chi connectivity index (χ1) is 18.7. The summed E-state index contributed by atoms with van der Waals surface area (Å²) < 4.78 is 2.08. The maximum Gasteiger partial charge on any atom is 0.222 e. The van der Waals surface area contributed by atoms with Crippen LogP contribution in [-0.4, -0.2) is 62.4 Å². The van der Waals surface area contributed by atoms with Gasteiger partial charge in [0.1, 0.15) is 5.82 Å². The number of halogens is 1. The Morgan fingerprint density at radius 1 is 0.842 bits per heavy atom. The predicted molar refractivity (Wildman–Crippen MR) is 154 cm³/mol. The minimum Gasteiger partial charge on any atom is -0.340 e. The van der Waals surface area contributed by atoms with Crippen LogP contribution >= 0.6 is 23.4 Å². The molecule has 1 aliphatic rings. The number of hydrogen-bond donors (Lipinski definition) is 0. The van der Waals surface area contributed by atoms with Crippen molar-refractivity contribution >= 4 is 29.3 Å². The molecular formula is C30H32ClN5OS. The fraction of sp³-hybridized carbons (Fsp3) is 0.300. The first-order valence-electron chi connectivity index (χ1n) is 13.1. The summed E-state index contributed by atoms with van der Waals surface area (Å²) in [6.07, 6.45) is 2.02. The van der Waals surface area contributed by atoms with E-state index < -0.39 is 0 Å². The van der Waals surface area contributed by atoms with Crippen LogP contribution in [-0.2, 0) is 17.8 Å². The molecule has 0 atom stereocenters. The average molecular weight is 546 g/mol. The van der Waals surface area contributed by atoms with Crippen LogP contribution in [0.25, 0.3) is 5.69 Å². The quantitative estimate of drug-likeness (QED) is 0.188. The van der Waals surface area contributed by atoms with E-state index in [1.807, 2.05) is 53.4 Å². The van der Waals surface area contributed by atoms with E-state index in [0.717, 1.165) is 61.6 Å². The van der Waals surface area contributed by atoms with Crippen molar-refractivity contribution in [2.75, 3.05) is 31.9 Å². The number of piperazine rings is 1. The molecule has 0 saturated carbocycles. The molecule has 5 rings (SSSR count). The number of rotatable bonds is 10. The Labute approximate surface area is 233 Å². The zero-order valence-corrected chi connectivity index (χ0v) is 22.9. The van der Waals surface area contributed by atoms with Crippen LogP contribution < -0.4 is 0 Å². The minimum absolute atomic E-state index is 0.242. The van der Waals surface area contributed by atoms with Crippen LogP contribution in [0.2, 0.25) is 5.02 Å². The number of hydrogen-bond acceptors (Lipinski definition) is 5. The molecule has 2 heterocycles. The molecule has 0 bridgehead atoms. The molecule has 1 saturated heterocycles. The largest absolute Gasteiger partial charge is 0.340 e. The Kier molecular flexibility index (Phi) is 9.12. The summed E-state index contributed by atoms with van der Waals surface area (Å²) in [6.45, 7) is 4.37. The van der Waals surface area contributed by atoms with Gasteiger partial charge in [0, 0.05) is 56.3 Å². The van der Waals surface area contributed by atoms with Gasteiger partial charge in [-0.15, -0.1) is 10.2 Å². The van der Waals surface area contributed by atoms with Gasteiger partial charge in [-0.25, -0.2) is 0 Å². The minimum atomic E-state index is 0.242. The molecule has 1 fully saturated rings. The van der Waals surface area contributed by atoms with Gasteiger partial charge < -0.3 is 4.90 Å². The zero-order valence-electron chi connectivity index (χ0n) is 21.4. The fourth-order valence-electron chi connectivity index (χ4n) is 4.70. The monoisotopic (exact) mass is 545 g/mol. The molecule has 196 valence electrons. The summed E-state index contributed by atoms with van der Waals surface area (Å²) in [7, 11) is 0. The van der Waals surface area contributed by atoms with E-state index in [4.69, 9.17) is 11.6 Å². The fourth-order valence-corrected chi connectivity index (χ4v) is 5.80. The third-order valence-electron chi connectivity index (χ3n) is 6.71. The van der Waals surface area contributed by atoms with Gasteiger partial charge in [0.25, 0.3) is 0 Å². The summed E-state index contributed by atoms with van der Waals surface area (Å²) in [6, 6.07) is 28.6. The summed E-state index contributed by atoms with van der Waals surface area (Å²) in [5.74, 6) is 1.90. The van der Waals surface area contributed by atoms with Crippen molar-refractivity contribution in [2.45, 2.75) is 31.0 Å². The summed E-state index contributed by atoms with van der Waals surface area (Å²) in [4.78, 5) is 17.3. The third-order valence-corrected chi connectivity index (χ3v) is 7.96. The van der Waals surface area contributed by atoms with Gasteiger partial charge in [-0.2, -0.15) is 0 Å². The lowest BCUT2D eigenvalue weighted by Crippen LogP contribution is -2.48. The van der Waals surface area contributed by atoms with Crippen LogP contribution in [0.15, 0.2) is 90.1 Å². The number of thioether (sulfide) groups is 1. The number of nitrogens with zero attached hydrogens (tertiary/aromatic N) is 5. The molecule has 3 aromatic carbocycles. The first kappa shape index (κ1) is 26.5. The van der Waals surface area contributed by atoms with Crippen molar-refractivity contribution in [2.24, 2.45) is 0 Å². The smallest absolute Gasteiger partial charge is 0.222 e. The molecule has 1 aliphatic heterocycles. The zero-order chi connectivity index (χ0) is 26.2. The van der Waals surface area contributed by atoms with E-state index in [0.29, 0.717) is 17.9 Å². The molecule has 4 aromatic rings.